The maximum absolute atomic E-state index is 12.0. The highest BCUT2D eigenvalue weighted by Crippen LogP contribution is 2.30. The van der Waals surface area contributed by atoms with Gasteiger partial charge >= 0.3 is 11.9 Å². The molecule has 1 amide bonds. The van der Waals surface area contributed by atoms with Crippen molar-refractivity contribution in [2.45, 2.75) is 20.0 Å². The van der Waals surface area contributed by atoms with E-state index < -0.39 is 16.7 Å². The summed E-state index contributed by atoms with van der Waals surface area (Å²) >= 11 is 2.30. The molecule has 0 saturated carbocycles. The Morgan fingerprint density at radius 3 is 3.04 bits per heavy atom. The zero-order chi connectivity index (χ0) is 19.4. The first-order valence-electron chi connectivity index (χ1n) is 7.58. The maximum Gasteiger partial charge on any atom is 0.433 e. The van der Waals surface area contributed by atoms with Gasteiger partial charge in [-0.1, -0.05) is 6.92 Å². The van der Waals surface area contributed by atoms with Gasteiger partial charge in [0.15, 0.2) is 5.17 Å². The van der Waals surface area contributed by atoms with Crippen LogP contribution in [0.3, 0.4) is 0 Å². The number of nitrogens with one attached hydrogen (secondary N) is 1. The summed E-state index contributed by atoms with van der Waals surface area (Å²) in [7, 11) is 0. The number of hydrogen-bond acceptors (Lipinski definition) is 10. The predicted octanol–water partition coefficient (Wildman–Crippen LogP) is 2.99. The lowest BCUT2D eigenvalue weighted by molar-refractivity contribution is -0.402. The summed E-state index contributed by atoms with van der Waals surface area (Å²) in [6.45, 7) is 1.77. The summed E-state index contributed by atoms with van der Waals surface area (Å²) in [5.41, 5.74) is 0.564. The molecule has 0 atom stereocenters. The highest BCUT2D eigenvalue weighted by atomic mass is 32.2. The van der Waals surface area contributed by atoms with Crippen LogP contribution in [0, 0.1) is 10.1 Å². The van der Waals surface area contributed by atoms with Crippen LogP contribution in [0.15, 0.2) is 31.8 Å². The highest BCUT2D eigenvalue weighted by Gasteiger charge is 2.25. The molecule has 0 aliphatic carbocycles. The van der Waals surface area contributed by atoms with Crippen LogP contribution in [0.5, 0.6) is 0 Å². The van der Waals surface area contributed by atoms with Crippen LogP contribution in [0.1, 0.15) is 24.8 Å². The molecule has 1 aliphatic rings. The Morgan fingerprint density at radius 1 is 1.52 bits per heavy atom. The van der Waals surface area contributed by atoms with Gasteiger partial charge in [0.05, 0.1) is 16.7 Å². The molecule has 27 heavy (non-hydrogen) atoms. The number of nitrogens with zero attached hydrogens (tertiary/aromatic N) is 3. The van der Waals surface area contributed by atoms with Crippen LogP contribution < -0.4 is 5.32 Å². The number of thiazole rings is 1. The summed E-state index contributed by atoms with van der Waals surface area (Å²) < 4.78 is 10.0. The number of hydrogen-bond donors (Lipinski definition) is 1. The number of carbonyl (C=O) groups excluding carboxylic acids is 2. The van der Waals surface area contributed by atoms with Gasteiger partial charge in [0, 0.05) is 17.9 Å². The largest absolute Gasteiger partial charge is 0.459 e. The highest BCUT2D eigenvalue weighted by molar-refractivity contribution is 8.18. The number of aromatic nitrogens is 1. The first-order chi connectivity index (χ1) is 12.9. The third-order valence-electron chi connectivity index (χ3n) is 3.12. The van der Waals surface area contributed by atoms with Gasteiger partial charge < -0.3 is 14.5 Å². The van der Waals surface area contributed by atoms with Crippen molar-refractivity contribution < 1.29 is 23.7 Å². The van der Waals surface area contributed by atoms with Gasteiger partial charge in [0.25, 0.3) is 5.91 Å². The fraction of sp³-hybridized carbons (Fsp3) is 0.200. The SMILES string of the molecule is CCC(=O)OCc1csc(/N=C2\NC(=O)/C(=C/c3ccc([N+](=O)[O-])o3)S2)n1. The number of thioether (sulfide) groups is 1. The first-order valence-corrected chi connectivity index (χ1v) is 9.28. The lowest BCUT2D eigenvalue weighted by atomic mass is 10.4. The molecule has 2 aromatic rings. The molecule has 0 bridgehead atoms. The van der Waals surface area contributed by atoms with E-state index in [1.807, 2.05) is 0 Å². The number of nitro groups is 1. The smallest absolute Gasteiger partial charge is 0.433 e. The minimum atomic E-state index is -0.658. The summed E-state index contributed by atoms with van der Waals surface area (Å²) in [6.07, 6.45) is 1.68. The number of carbonyl (C=O) groups is 2. The summed E-state index contributed by atoms with van der Waals surface area (Å²) in [6, 6.07) is 2.61. The molecule has 3 rings (SSSR count). The number of ether oxygens (including phenoxy) is 1. The van der Waals surface area contributed by atoms with E-state index in [9.17, 15) is 19.7 Å². The van der Waals surface area contributed by atoms with Gasteiger partial charge in [0.1, 0.15) is 17.3 Å². The average molecular weight is 408 g/mol. The Bertz CT molecular complexity index is 961. The van der Waals surface area contributed by atoms with Gasteiger partial charge in [-0.25, -0.2) is 4.98 Å². The number of furan rings is 1. The Labute approximate surface area is 160 Å². The Morgan fingerprint density at radius 2 is 2.33 bits per heavy atom. The fourth-order valence-electron chi connectivity index (χ4n) is 1.88. The van der Waals surface area contributed by atoms with Crippen LogP contribution in [-0.4, -0.2) is 27.0 Å². The van der Waals surface area contributed by atoms with Crippen LogP contribution in [0.4, 0.5) is 11.0 Å². The van der Waals surface area contributed by atoms with Crippen molar-refractivity contribution in [3.8, 4) is 0 Å². The van der Waals surface area contributed by atoms with Crippen LogP contribution in [0.2, 0.25) is 0 Å². The molecule has 1 aliphatic heterocycles. The van der Waals surface area contributed by atoms with Crippen molar-refractivity contribution in [3.63, 3.8) is 0 Å². The summed E-state index contributed by atoms with van der Waals surface area (Å²) in [4.78, 5) is 41.9. The Kier molecular flexibility index (Phi) is 5.66. The molecule has 0 aromatic carbocycles. The first kappa shape index (κ1) is 18.8. The van der Waals surface area contributed by atoms with E-state index in [0.717, 1.165) is 11.8 Å². The van der Waals surface area contributed by atoms with Crippen LogP contribution in [0.25, 0.3) is 6.08 Å². The van der Waals surface area contributed by atoms with E-state index in [0.29, 0.717) is 16.0 Å². The quantitative estimate of drug-likeness (QED) is 0.333. The molecule has 10 nitrogen and oxygen atoms in total. The third-order valence-corrected chi connectivity index (χ3v) is 4.82. The average Bonchev–Trinajstić information content (AvgIpc) is 3.35. The lowest BCUT2D eigenvalue weighted by Crippen LogP contribution is -2.19. The van der Waals surface area contributed by atoms with E-state index in [2.05, 4.69) is 15.3 Å². The monoisotopic (exact) mass is 408 g/mol. The molecule has 0 spiro atoms. The fourth-order valence-corrected chi connectivity index (χ4v) is 3.42. The van der Waals surface area contributed by atoms with Crippen molar-refractivity contribution in [2.75, 3.05) is 0 Å². The second-order valence-corrected chi connectivity index (χ2v) is 6.92. The number of amidine groups is 1. The molecule has 12 heteroatoms. The number of esters is 1. The number of rotatable bonds is 6. The zero-order valence-electron chi connectivity index (χ0n) is 13.8. The second-order valence-electron chi connectivity index (χ2n) is 5.05. The van der Waals surface area contributed by atoms with E-state index in [1.165, 1.54) is 29.5 Å². The van der Waals surface area contributed by atoms with Crippen molar-refractivity contribution in [2.24, 2.45) is 4.99 Å². The zero-order valence-corrected chi connectivity index (χ0v) is 15.5. The lowest BCUT2D eigenvalue weighted by Gasteiger charge is -1.98. The van der Waals surface area contributed by atoms with E-state index in [4.69, 9.17) is 9.15 Å². The molecular formula is C15H12N4O6S2. The second kappa shape index (κ2) is 8.14. The van der Waals surface area contributed by atoms with E-state index in [-0.39, 0.29) is 29.7 Å². The summed E-state index contributed by atoms with van der Waals surface area (Å²) in [5.74, 6) is -0.929. The molecule has 3 heterocycles. The van der Waals surface area contributed by atoms with Crippen molar-refractivity contribution in [1.29, 1.82) is 0 Å². The van der Waals surface area contributed by atoms with Crippen molar-refractivity contribution >= 4 is 57.2 Å². The van der Waals surface area contributed by atoms with E-state index >= 15 is 0 Å². The van der Waals surface area contributed by atoms with Crippen LogP contribution >= 0.6 is 23.1 Å². The van der Waals surface area contributed by atoms with Crippen molar-refractivity contribution in [1.82, 2.24) is 10.3 Å². The van der Waals surface area contributed by atoms with Gasteiger partial charge in [-0.15, -0.1) is 11.3 Å². The predicted molar refractivity (Wildman–Crippen MR) is 98.4 cm³/mol. The number of amides is 1. The molecule has 1 saturated heterocycles. The minimum Gasteiger partial charge on any atom is -0.459 e. The molecule has 2 aromatic heterocycles. The van der Waals surface area contributed by atoms with Crippen LogP contribution in [-0.2, 0) is 20.9 Å². The third kappa shape index (κ3) is 4.80. The molecule has 1 N–H and O–H groups in total. The Balaban J connectivity index is 1.67. The van der Waals surface area contributed by atoms with E-state index in [1.54, 1.807) is 12.3 Å². The topological polar surface area (TPSA) is 137 Å². The van der Waals surface area contributed by atoms with Gasteiger partial charge in [-0.05, 0) is 17.8 Å². The number of aliphatic imine (C=N–C) groups is 1. The molecule has 140 valence electrons. The van der Waals surface area contributed by atoms with Crippen molar-refractivity contribution in [3.05, 3.63) is 44.0 Å². The minimum absolute atomic E-state index is 0.0654. The normalized spacial score (nSPS) is 16.7. The molecule has 0 radical (unpaired) electrons. The van der Waals surface area contributed by atoms with Gasteiger partial charge in [-0.2, -0.15) is 4.99 Å². The van der Waals surface area contributed by atoms with Gasteiger partial charge in [-0.3, -0.25) is 19.7 Å². The molecular weight excluding hydrogens is 396 g/mol. The Hall–Kier alpha value is -2.99. The molecule has 0 unspecified atom stereocenters. The standard InChI is InChI=1S/C15H12N4O6S2/c1-2-12(20)24-6-8-7-26-14(16-8)18-15-17-13(21)10(27-15)5-9-3-4-11(25-9)19(22)23/h3-5,7H,2,6H2,1H3,(H,16,17,18,21)/b10-5-. The van der Waals surface area contributed by atoms with Gasteiger partial charge in [0.2, 0.25) is 5.13 Å². The molecule has 1 fully saturated rings. The summed E-state index contributed by atoms with van der Waals surface area (Å²) in [5, 5.41) is 15.6. The maximum atomic E-state index is 12.0.